The third kappa shape index (κ3) is 3.53. The zero-order valence-corrected chi connectivity index (χ0v) is 16.7. The summed E-state index contributed by atoms with van der Waals surface area (Å²) in [6.45, 7) is 0. The molecule has 2 aromatic heterocycles. The van der Waals surface area contributed by atoms with Gasteiger partial charge >= 0.3 is 6.18 Å². The fraction of sp³-hybridized carbons (Fsp3) is 0.217. The smallest absolute Gasteiger partial charge is 0.359 e. The Kier molecular flexibility index (Phi) is 4.58. The van der Waals surface area contributed by atoms with E-state index in [4.69, 9.17) is 0 Å². The number of H-pyrrole nitrogens is 1. The van der Waals surface area contributed by atoms with Gasteiger partial charge in [-0.05, 0) is 61.2 Å². The highest BCUT2D eigenvalue weighted by Gasteiger charge is 2.44. The average molecular weight is 442 g/mol. The van der Waals surface area contributed by atoms with Crippen LogP contribution in [0.3, 0.4) is 0 Å². The number of rotatable bonds is 4. The standard InChI is InChI=1S/C23H18F4N4O/c24-22(8-1-9-22)21(32)30-20-12-28-19-7-2-14(10-18(19)20)15-11-29-31(13-15)17-5-3-16(4-6-17)23(25,26)27/h2-7,10-13,28H,1,8-9H2,(H,30,32). The third-order valence-corrected chi connectivity index (χ3v) is 5.86. The van der Waals surface area contributed by atoms with Crippen LogP contribution in [0, 0.1) is 0 Å². The number of aromatic amines is 1. The number of nitrogens with zero attached hydrogens (tertiary/aromatic N) is 2. The summed E-state index contributed by atoms with van der Waals surface area (Å²) < 4.78 is 54.2. The first-order valence-corrected chi connectivity index (χ1v) is 10.1. The lowest BCUT2D eigenvalue weighted by Crippen LogP contribution is -2.44. The second-order valence-electron chi connectivity index (χ2n) is 7.95. The lowest BCUT2D eigenvalue weighted by atomic mass is 9.81. The molecule has 1 saturated carbocycles. The predicted octanol–water partition coefficient (Wildman–Crippen LogP) is 5.87. The second kappa shape index (κ2) is 7.22. The van der Waals surface area contributed by atoms with E-state index in [1.165, 1.54) is 16.8 Å². The van der Waals surface area contributed by atoms with Crippen LogP contribution in [0.15, 0.2) is 61.1 Å². The van der Waals surface area contributed by atoms with E-state index in [2.05, 4.69) is 15.4 Å². The van der Waals surface area contributed by atoms with E-state index in [0.29, 0.717) is 17.8 Å². The number of fused-ring (bicyclic) bond motifs is 1. The van der Waals surface area contributed by atoms with Crippen LogP contribution in [0.5, 0.6) is 0 Å². The molecule has 0 aliphatic heterocycles. The van der Waals surface area contributed by atoms with Crippen LogP contribution in [0.1, 0.15) is 24.8 Å². The number of amides is 1. The summed E-state index contributed by atoms with van der Waals surface area (Å²) in [5.74, 6) is -0.634. The topological polar surface area (TPSA) is 62.7 Å². The number of alkyl halides is 4. The summed E-state index contributed by atoms with van der Waals surface area (Å²) in [5.41, 5.74) is 0.776. The van der Waals surface area contributed by atoms with Gasteiger partial charge in [0.15, 0.2) is 5.67 Å². The molecule has 1 aliphatic carbocycles. The number of carbonyl (C=O) groups excluding carboxylic acids is 1. The van der Waals surface area contributed by atoms with E-state index in [9.17, 15) is 22.4 Å². The van der Waals surface area contributed by atoms with Gasteiger partial charge in [-0.1, -0.05) is 6.07 Å². The number of halogens is 4. The molecule has 1 amide bonds. The van der Waals surface area contributed by atoms with Gasteiger partial charge in [0.2, 0.25) is 0 Å². The summed E-state index contributed by atoms with van der Waals surface area (Å²) in [7, 11) is 0. The zero-order valence-electron chi connectivity index (χ0n) is 16.7. The summed E-state index contributed by atoms with van der Waals surface area (Å²) in [6.07, 6.45) is 1.71. The highest BCUT2D eigenvalue weighted by molar-refractivity contribution is 6.05. The van der Waals surface area contributed by atoms with E-state index in [1.807, 2.05) is 18.2 Å². The van der Waals surface area contributed by atoms with Crippen LogP contribution in [-0.2, 0) is 11.0 Å². The summed E-state index contributed by atoms with van der Waals surface area (Å²) >= 11 is 0. The molecule has 9 heteroatoms. The number of carbonyl (C=O) groups is 1. The van der Waals surface area contributed by atoms with Crippen molar-refractivity contribution in [1.29, 1.82) is 0 Å². The molecule has 1 fully saturated rings. The van der Waals surface area contributed by atoms with E-state index in [1.54, 1.807) is 18.6 Å². The molecule has 2 aromatic carbocycles. The van der Waals surface area contributed by atoms with Gasteiger partial charge in [-0.15, -0.1) is 0 Å². The molecule has 2 N–H and O–H groups in total. The Hall–Kier alpha value is -3.62. The van der Waals surface area contributed by atoms with Crippen molar-refractivity contribution in [2.24, 2.45) is 0 Å². The molecule has 164 valence electrons. The quantitative estimate of drug-likeness (QED) is 0.388. The van der Waals surface area contributed by atoms with Gasteiger partial charge in [0, 0.05) is 28.9 Å². The highest BCUT2D eigenvalue weighted by atomic mass is 19.4. The largest absolute Gasteiger partial charge is 0.416 e. The zero-order chi connectivity index (χ0) is 22.5. The fourth-order valence-corrected chi connectivity index (χ4v) is 3.77. The Morgan fingerprint density at radius 3 is 2.50 bits per heavy atom. The number of hydrogen-bond acceptors (Lipinski definition) is 2. The highest BCUT2D eigenvalue weighted by Crippen LogP contribution is 2.38. The summed E-state index contributed by atoms with van der Waals surface area (Å²) in [4.78, 5) is 15.3. The van der Waals surface area contributed by atoms with E-state index in [0.717, 1.165) is 34.2 Å². The number of anilines is 1. The number of hydrogen-bond donors (Lipinski definition) is 2. The summed E-state index contributed by atoms with van der Waals surface area (Å²) in [6, 6.07) is 10.3. The van der Waals surface area contributed by atoms with Crippen molar-refractivity contribution < 1.29 is 22.4 Å². The SMILES string of the molecule is O=C(Nc1c[nH]c2ccc(-c3cnn(-c4ccc(C(F)(F)F)cc4)c3)cc12)C1(F)CCC1. The van der Waals surface area contributed by atoms with Crippen LogP contribution >= 0.6 is 0 Å². The van der Waals surface area contributed by atoms with Crippen molar-refractivity contribution in [2.45, 2.75) is 31.1 Å². The third-order valence-electron chi connectivity index (χ3n) is 5.86. The molecule has 0 spiro atoms. The first-order valence-electron chi connectivity index (χ1n) is 10.1. The van der Waals surface area contributed by atoms with Crippen molar-refractivity contribution >= 4 is 22.5 Å². The lowest BCUT2D eigenvalue weighted by molar-refractivity contribution is -0.137. The van der Waals surface area contributed by atoms with E-state index >= 15 is 0 Å². The van der Waals surface area contributed by atoms with Gasteiger partial charge in [0.1, 0.15) is 0 Å². The maximum absolute atomic E-state index is 14.4. The van der Waals surface area contributed by atoms with Crippen molar-refractivity contribution in [3.05, 3.63) is 66.6 Å². The molecule has 0 bridgehead atoms. The van der Waals surface area contributed by atoms with Crippen molar-refractivity contribution in [3.8, 4) is 16.8 Å². The van der Waals surface area contributed by atoms with Crippen molar-refractivity contribution in [1.82, 2.24) is 14.8 Å². The first kappa shape index (κ1) is 20.3. The van der Waals surface area contributed by atoms with Crippen molar-refractivity contribution in [3.63, 3.8) is 0 Å². The fourth-order valence-electron chi connectivity index (χ4n) is 3.77. The van der Waals surface area contributed by atoms with Gasteiger partial charge in [-0.25, -0.2) is 9.07 Å². The number of nitrogens with one attached hydrogen (secondary N) is 2. The van der Waals surface area contributed by atoms with Gasteiger partial charge in [-0.3, -0.25) is 4.79 Å². The van der Waals surface area contributed by atoms with Crippen LogP contribution in [0.2, 0.25) is 0 Å². The molecule has 1 aliphatic rings. The Balaban J connectivity index is 1.42. The van der Waals surface area contributed by atoms with Gasteiger partial charge < -0.3 is 10.3 Å². The molecule has 5 rings (SSSR count). The lowest BCUT2D eigenvalue weighted by Gasteiger charge is -2.31. The molecule has 0 radical (unpaired) electrons. The van der Waals surface area contributed by atoms with Crippen LogP contribution < -0.4 is 5.32 Å². The second-order valence-corrected chi connectivity index (χ2v) is 7.95. The Labute approximate surface area is 180 Å². The molecule has 32 heavy (non-hydrogen) atoms. The Bertz CT molecular complexity index is 1300. The molecular formula is C23H18F4N4O. The molecular weight excluding hydrogens is 424 g/mol. The van der Waals surface area contributed by atoms with Crippen LogP contribution in [0.4, 0.5) is 23.2 Å². The first-order chi connectivity index (χ1) is 15.2. The van der Waals surface area contributed by atoms with Crippen molar-refractivity contribution in [2.75, 3.05) is 5.32 Å². The minimum Gasteiger partial charge on any atom is -0.359 e. The normalized spacial score (nSPS) is 15.5. The Morgan fingerprint density at radius 1 is 1.09 bits per heavy atom. The maximum atomic E-state index is 14.4. The summed E-state index contributed by atoms with van der Waals surface area (Å²) in [5, 5.41) is 7.65. The van der Waals surface area contributed by atoms with Crippen LogP contribution in [-0.4, -0.2) is 26.3 Å². The van der Waals surface area contributed by atoms with Gasteiger partial charge in [0.25, 0.3) is 5.91 Å². The maximum Gasteiger partial charge on any atom is 0.416 e. The minimum atomic E-state index is -4.40. The predicted molar refractivity (Wildman–Crippen MR) is 112 cm³/mol. The molecule has 0 unspecified atom stereocenters. The molecule has 0 saturated heterocycles. The van der Waals surface area contributed by atoms with E-state index in [-0.39, 0.29) is 12.8 Å². The number of benzene rings is 2. The molecule has 4 aromatic rings. The average Bonchev–Trinajstić information content (AvgIpc) is 3.39. The number of aromatic nitrogens is 3. The monoisotopic (exact) mass is 442 g/mol. The van der Waals surface area contributed by atoms with Crippen LogP contribution in [0.25, 0.3) is 27.7 Å². The molecule has 2 heterocycles. The molecule has 5 nitrogen and oxygen atoms in total. The molecule has 0 atom stereocenters. The minimum absolute atomic E-state index is 0.232. The van der Waals surface area contributed by atoms with Gasteiger partial charge in [0.05, 0.1) is 23.1 Å². The Morgan fingerprint density at radius 2 is 1.84 bits per heavy atom. The van der Waals surface area contributed by atoms with Gasteiger partial charge in [-0.2, -0.15) is 18.3 Å². The van der Waals surface area contributed by atoms with E-state index < -0.39 is 23.3 Å².